The minimum Gasteiger partial charge on any atom is -0.302 e. The molecular formula is C16H13FN2OS2. The van der Waals surface area contributed by atoms with Crippen LogP contribution in [0.1, 0.15) is 9.75 Å². The number of nitrogens with zero attached hydrogens (tertiary/aromatic N) is 1. The van der Waals surface area contributed by atoms with Gasteiger partial charge in [-0.3, -0.25) is 4.79 Å². The third-order valence-electron chi connectivity index (χ3n) is 3.08. The molecule has 0 radical (unpaired) electrons. The van der Waals surface area contributed by atoms with Gasteiger partial charge in [-0.2, -0.15) is 0 Å². The van der Waals surface area contributed by atoms with E-state index < -0.39 is 0 Å². The van der Waals surface area contributed by atoms with Crippen LogP contribution in [0.2, 0.25) is 0 Å². The lowest BCUT2D eigenvalue weighted by Gasteiger charge is -2.00. The molecule has 2 heterocycles. The van der Waals surface area contributed by atoms with Crippen molar-refractivity contribution >= 4 is 33.7 Å². The van der Waals surface area contributed by atoms with Crippen LogP contribution in [0, 0.1) is 12.7 Å². The van der Waals surface area contributed by atoms with Gasteiger partial charge in [0.2, 0.25) is 5.91 Å². The molecule has 1 aromatic carbocycles. The Kier molecular flexibility index (Phi) is 4.31. The van der Waals surface area contributed by atoms with E-state index in [9.17, 15) is 9.18 Å². The highest BCUT2D eigenvalue weighted by molar-refractivity contribution is 7.16. The molecule has 0 spiro atoms. The fourth-order valence-electron chi connectivity index (χ4n) is 2.06. The number of nitrogens with one attached hydrogen (secondary N) is 1. The highest BCUT2D eigenvalue weighted by Crippen LogP contribution is 2.30. The summed E-state index contributed by atoms with van der Waals surface area (Å²) >= 11 is 2.98. The first-order valence-electron chi connectivity index (χ1n) is 6.67. The van der Waals surface area contributed by atoms with E-state index in [-0.39, 0.29) is 11.7 Å². The Bertz CT molecular complexity index is 779. The van der Waals surface area contributed by atoms with Crippen molar-refractivity contribution in [1.82, 2.24) is 4.98 Å². The van der Waals surface area contributed by atoms with Crippen LogP contribution in [-0.4, -0.2) is 10.9 Å². The fraction of sp³-hybridized carbons (Fsp3) is 0.125. The first-order valence-corrected chi connectivity index (χ1v) is 8.37. The number of amides is 1. The molecule has 0 aliphatic carbocycles. The van der Waals surface area contributed by atoms with Crippen LogP contribution in [0.15, 0.2) is 41.8 Å². The number of benzene rings is 1. The van der Waals surface area contributed by atoms with Gasteiger partial charge in [-0.15, -0.1) is 22.7 Å². The van der Waals surface area contributed by atoms with Crippen LogP contribution in [-0.2, 0) is 11.2 Å². The number of carbonyl (C=O) groups is 1. The van der Waals surface area contributed by atoms with Gasteiger partial charge in [-0.1, -0.05) is 6.07 Å². The van der Waals surface area contributed by atoms with Gasteiger partial charge in [-0.05, 0) is 42.6 Å². The van der Waals surface area contributed by atoms with Gasteiger partial charge in [0.05, 0.1) is 12.1 Å². The Labute approximate surface area is 135 Å². The highest BCUT2D eigenvalue weighted by Gasteiger charge is 2.12. The van der Waals surface area contributed by atoms with Crippen molar-refractivity contribution in [2.24, 2.45) is 0 Å². The van der Waals surface area contributed by atoms with Crippen LogP contribution in [0.3, 0.4) is 0 Å². The minimum absolute atomic E-state index is 0.0816. The average Bonchev–Trinajstić information content (AvgIpc) is 3.10. The molecule has 0 saturated heterocycles. The van der Waals surface area contributed by atoms with Crippen molar-refractivity contribution in [2.45, 2.75) is 13.3 Å². The number of aromatic nitrogens is 1. The molecule has 1 amide bonds. The molecule has 3 rings (SSSR count). The van der Waals surface area contributed by atoms with E-state index in [0.29, 0.717) is 11.6 Å². The summed E-state index contributed by atoms with van der Waals surface area (Å²) in [5, 5.41) is 5.34. The Morgan fingerprint density at radius 1 is 1.27 bits per heavy atom. The van der Waals surface area contributed by atoms with Crippen molar-refractivity contribution in [3.63, 3.8) is 0 Å². The van der Waals surface area contributed by atoms with E-state index >= 15 is 0 Å². The van der Waals surface area contributed by atoms with E-state index in [1.165, 1.54) is 23.5 Å². The Hall–Kier alpha value is -2.05. The smallest absolute Gasteiger partial charge is 0.231 e. The van der Waals surface area contributed by atoms with E-state index in [4.69, 9.17) is 0 Å². The lowest BCUT2D eigenvalue weighted by atomic mass is 10.1. The molecule has 0 saturated carbocycles. The molecule has 1 N–H and O–H groups in total. The summed E-state index contributed by atoms with van der Waals surface area (Å²) in [6, 6.07) is 10.0. The van der Waals surface area contributed by atoms with Crippen molar-refractivity contribution in [3.05, 3.63) is 57.3 Å². The topological polar surface area (TPSA) is 42.0 Å². The standard InChI is InChI=1S/C16H13FN2OS2/c1-10-15(11-4-6-12(17)7-5-11)19-16(22-10)18-14(20)9-13-3-2-8-21-13/h2-8H,9H2,1H3,(H,18,19,20). The maximum Gasteiger partial charge on any atom is 0.231 e. The first-order chi connectivity index (χ1) is 10.6. The molecule has 6 heteroatoms. The summed E-state index contributed by atoms with van der Waals surface area (Å²) in [7, 11) is 0. The maximum atomic E-state index is 13.0. The van der Waals surface area contributed by atoms with E-state index in [1.807, 2.05) is 24.4 Å². The lowest BCUT2D eigenvalue weighted by molar-refractivity contribution is -0.115. The monoisotopic (exact) mass is 332 g/mol. The van der Waals surface area contributed by atoms with Gasteiger partial charge in [0, 0.05) is 15.3 Å². The quantitative estimate of drug-likeness (QED) is 0.764. The molecule has 0 bridgehead atoms. The SMILES string of the molecule is Cc1sc(NC(=O)Cc2cccs2)nc1-c1ccc(F)cc1. The number of anilines is 1. The van der Waals surface area contributed by atoms with Crippen molar-refractivity contribution in [1.29, 1.82) is 0 Å². The minimum atomic E-state index is -0.277. The van der Waals surface area contributed by atoms with Crippen LogP contribution in [0.25, 0.3) is 11.3 Å². The Morgan fingerprint density at radius 2 is 2.05 bits per heavy atom. The average molecular weight is 332 g/mol. The summed E-state index contributed by atoms with van der Waals surface area (Å²) in [4.78, 5) is 18.4. The molecule has 0 atom stereocenters. The van der Waals surface area contributed by atoms with E-state index in [1.54, 1.807) is 23.5 Å². The molecule has 3 nitrogen and oxygen atoms in total. The molecule has 112 valence electrons. The summed E-state index contributed by atoms with van der Waals surface area (Å²) < 4.78 is 13.0. The van der Waals surface area contributed by atoms with Crippen molar-refractivity contribution in [3.8, 4) is 11.3 Å². The maximum absolute atomic E-state index is 13.0. The van der Waals surface area contributed by atoms with Crippen LogP contribution in [0.4, 0.5) is 9.52 Å². The summed E-state index contributed by atoms with van der Waals surface area (Å²) in [5.74, 6) is -0.358. The highest BCUT2D eigenvalue weighted by atomic mass is 32.1. The second-order valence-corrected chi connectivity index (χ2v) is 6.97. The molecule has 22 heavy (non-hydrogen) atoms. The predicted octanol–water partition coefficient (Wildman–Crippen LogP) is 4.50. The zero-order valence-corrected chi connectivity index (χ0v) is 13.4. The molecule has 2 aromatic heterocycles. The molecule has 3 aromatic rings. The summed E-state index contributed by atoms with van der Waals surface area (Å²) in [6.45, 7) is 1.94. The predicted molar refractivity (Wildman–Crippen MR) is 88.9 cm³/mol. The van der Waals surface area contributed by atoms with Gasteiger partial charge < -0.3 is 5.32 Å². The zero-order chi connectivity index (χ0) is 15.5. The first kappa shape index (κ1) is 14.9. The molecule has 0 fully saturated rings. The van der Waals surface area contributed by atoms with E-state index in [0.717, 1.165) is 21.0 Å². The fourth-order valence-corrected chi connectivity index (χ4v) is 3.62. The third kappa shape index (κ3) is 3.40. The summed E-state index contributed by atoms with van der Waals surface area (Å²) in [5.41, 5.74) is 1.62. The van der Waals surface area contributed by atoms with Crippen LogP contribution >= 0.6 is 22.7 Å². The summed E-state index contributed by atoms with van der Waals surface area (Å²) in [6.07, 6.45) is 0.349. The van der Waals surface area contributed by atoms with E-state index in [2.05, 4.69) is 10.3 Å². The Morgan fingerprint density at radius 3 is 2.73 bits per heavy atom. The van der Waals surface area contributed by atoms with Crippen molar-refractivity contribution < 1.29 is 9.18 Å². The van der Waals surface area contributed by atoms with Gasteiger partial charge in [0.1, 0.15) is 5.82 Å². The van der Waals surface area contributed by atoms with Crippen LogP contribution in [0.5, 0.6) is 0 Å². The number of thiazole rings is 1. The Balaban J connectivity index is 1.74. The number of rotatable bonds is 4. The molecule has 0 aliphatic heterocycles. The number of thiophene rings is 1. The number of aryl methyl sites for hydroxylation is 1. The number of hydrogen-bond acceptors (Lipinski definition) is 4. The molecule has 0 aliphatic rings. The van der Waals surface area contributed by atoms with Crippen molar-refractivity contribution in [2.75, 3.05) is 5.32 Å². The largest absolute Gasteiger partial charge is 0.302 e. The second kappa shape index (κ2) is 6.37. The zero-order valence-electron chi connectivity index (χ0n) is 11.8. The number of carbonyl (C=O) groups excluding carboxylic acids is 1. The molecular weight excluding hydrogens is 319 g/mol. The normalized spacial score (nSPS) is 10.6. The van der Waals surface area contributed by atoms with Gasteiger partial charge in [0.25, 0.3) is 0 Å². The number of hydrogen-bond donors (Lipinski definition) is 1. The second-order valence-electron chi connectivity index (χ2n) is 4.74. The lowest BCUT2D eigenvalue weighted by Crippen LogP contribution is -2.13. The van der Waals surface area contributed by atoms with Crippen LogP contribution < -0.4 is 5.32 Å². The number of halogens is 1. The van der Waals surface area contributed by atoms with Gasteiger partial charge in [-0.25, -0.2) is 9.37 Å². The van der Waals surface area contributed by atoms with Gasteiger partial charge in [0.15, 0.2) is 5.13 Å². The van der Waals surface area contributed by atoms with Gasteiger partial charge >= 0.3 is 0 Å². The molecule has 0 unspecified atom stereocenters. The third-order valence-corrected chi connectivity index (χ3v) is 4.84.